The fraction of sp³-hybridized carbons (Fsp3) is 1.00. The Bertz CT molecular complexity index is 128. The van der Waals surface area contributed by atoms with Gasteiger partial charge in [0.05, 0.1) is 13.2 Å². The summed E-state index contributed by atoms with van der Waals surface area (Å²) in [6.45, 7) is 9.11. The maximum atomic E-state index is 8.90. The molecule has 0 heterocycles. The van der Waals surface area contributed by atoms with Crippen molar-refractivity contribution in [3.8, 4) is 0 Å². The van der Waals surface area contributed by atoms with E-state index in [1.807, 2.05) is 14.0 Å². The Morgan fingerprint density at radius 3 is 2.36 bits per heavy atom. The van der Waals surface area contributed by atoms with Gasteiger partial charge in [0.25, 0.3) is 0 Å². The smallest absolute Gasteiger partial charge is 0.0593 e. The molecule has 0 aromatic carbocycles. The van der Waals surface area contributed by atoms with Gasteiger partial charge in [0, 0.05) is 19.2 Å². The Morgan fingerprint density at radius 1 is 1.21 bits per heavy atom. The number of hydrogen-bond acceptors (Lipinski definition) is 3. The van der Waals surface area contributed by atoms with Crippen molar-refractivity contribution in [2.24, 2.45) is 5.92 Å². The van der Waals surface area contributed by atoms with Gasteiger partial charge in [0.2, 0.25) is 0 Å². The molecule has 3 nitrogen and oxygen atoms in total. The van der Waals surface area contributed by atoms with Crippen molar-refractivity contribution in [3.63, 3.8) is 0 Å². The van der Waals surface area contributed by atoms with E-state index in [2.05, 4.69) is 18.7 Å². The molecule has 0 aliphatic heterocycles. The zero-order chi connectivity index (χ0) is 11.0. The van der Waals surface area contributed by atoms with Crippen molar-refractivity contribution in [2.75, 3.05) is 33.4 Å². The van der Waals surface area contributed by atoms with Crippen molar-refractivity contribution < 1.29 is 9.84 Å². The van der Waals surface area contributed by atoms with Crippen LogP contribution in [0.15, 0.2) is 0 Å². The topological polar surface area (TPSA) is 32.7 Å². The molecule has 0 spiro atoms. The summed E-state index contributed by atoms with van der Waals surface area (Å²) in [5.74, 6) is 0.712. The molecule has 0 radical (unpaired) electrons. The molecule has 0 fully saturated rings. The first-order valence-corrected chi connectivity index (χ1v) is 5.46. The summed E-state index contributed by atoms with van der Waals surface area (Å²) >= 11 is 0. The number of aliphatic hydroxyl groups is 1. The standard InChI is InChI=1S/C11H25NO2/c1-10(2)5-7-14-8-6-12(4)11(3)9-13/h10-11,13H,5-9H2,1-4H3. The molecule has 0 bridgehead atoms. The zero-order valence-electron chi connectivity index (χ0n) is 9.99. The van der Waals surface area contributed by atoms with Crippen LogP contribution in [0.1, 0.15) is 27.2 Å². The van der Waals surface area contributed by atoms with Crippen LogP contribution >= 0.6 is 0 Å². The van der Waals surface area contributed by atoms with E-state index in [1.54, 1.807) is 0 Å². The summed E-state index contributed by atoms with van der Waals surface area (Å²) in [5.41, 5.74) is 0. The van der Waals surface area contributed by atoms with E-state index in [4.69, 9.17) is 9.84 Å². The van der Waals surface area contributed by atoms with Crippen LogP contribution in [0.2, 0.25) is 0 Å². The number of hydrogen-bond donors (Lipinski definition) is 1. The molecule has 0 aliphatic carbocycles. The highest BCUT2D eigenvalue weighted by atomic mass is 16.5. The van der Waals surface area contributed by atoms with Gasteiger partial charge >= 0.3 is 0 Å². The molecule has 0 rings (SSSR count). The van der Waals surface area contributed by atoms with Gasteiger partial charge in [-0.15, -0.1) is 0 Å². The fourth-order valence-electron chi connectivity index (χ4n) is 0.989. The lowest BCUT2D eigenvalue weighted by Crippen LogP contribution is -2.34. The van der Waals surface area contributed by atoms with E-state index < -0.39 is 0 Å². The fourth-order valence-corrected chi connectivity index (χ4v) is 0.989. The maximum Gasteiger partial charge on any atom is 0.0593 e. The predicted molar refractivity (Wildman–Crippen MR) is 59.5 cm³/mol. The lowest BCUT2D eigenvalue weighted by atomic mass is 10.1. The molecule has 0 saturated carbocycles. The van der Waals surface area contributed by atoms with Gasteiger partial charge in [0.15, 0.2) is 0 Å². The first kappa shape index (κ1) is 13.9. The van der Waals surface area contributed by atoms with Crippen LogP contribution in [-0.2, 0) is 4.74 Å². The second kappa shape index (κ2) is 8.21. The van der Waals surface area contributed by atoms with Crippen molar-refractivity contribution in [2.45, 2.75) is 33.2 Å². The molecule has 3 heteroatoms. The number of aliphatic hydroxyl groups excluding tert-OH is 1. The SMILES string of the molecule is CC(C)CCOCCN(C)C(C)CO. The quantitative estimate of drug-likeness (QED) is 0.605. The van der Waals surface area contributed by atoms with E-state index in [0.717, 1.165) is 26.2 Å². The van der Waals surface area contributed by atoms with Gasteiger partial charge in [-0.2, -0.15) is 0 Å². The van der Waals surface area contributed by atoms with E-state index >= 15 is 0 Å². The molecule has 0 aromatic rings. The molecular formula is C11H25NO2. The van der Waals surface area contributed by atoms with Crippen LogP contribution in [0, 0.1) is 5.92 Å². The van der Waals surface area contributed by atoms with Gasteiger partial charge in [-0.3, -0.25) is 4.90 Å². The highest BCUT2D eigenvalue weighted by molar-refractivity contribution is 4.60. The Morgan fingerprint density at radius 2 is 1.86 bits per heavy atom. The molecule has 0 aromatic heterocycles. The van der Waals surface area contributed by atoms with Crippen molar-refractivity contribution in [1.29, 1.82) is 0 Å². The first-order valence-electron chi connectivity index (χ1n) is 5.46. The van der Waals surface area contributed by atoms with Crippen LogP contribution in [0.4, 0.5) is 0 Å². The van der Waals surface area contributed by atoms with E-state index in [1.165, 1.54) is 0 Å². The number of nitrogens with zero attached hydrogens (tertiary/aromatic N) is 1. The summed E-state index contributed by atoms with van der Waals surface area (Å²) in [4.78, 5) is 2.11. The maximum absolute atomic E-state index is 8.90. The van der Waals surface area contributed by atoms with Crippen molar-refractivity contribution in [1.82, 2.24) is 4.90 Å². The van der Waals surface area contributed by atoms with Crippen molar-refractivity contribution in [3.05, 3.63) is 0 Å². The van der Waals surface area contributed by atoms with Crippen LogP contribution in [0.3, 0.4) is 0 Å². The summed E-state index contributed by atoms with van der Waals surface area (Å²) < 4.78 is 5.49. The third kappa shape index (κ3) is 7.30. The molecule has 86 valence electrons. The number of rotatable bonds is 8. The number of likely N-dealkylation sites (N-methyl/N-ethyl adjacent to an activating group) is 1. The molecule has 0 saturated heterocycles. The van der Waals surface area contributed by atoms with E-state index in [-0.39, 0.29) is 12.6 Å². The lowest BCUT2D eigenvalue weighted by Gasteiger charge is -2.22. The second-order valence-corrected chi connectivity index (χ2v) is 4.31. The summed E-state index contributed by atoms with van der Waals surface area (Å²) in [5, 5.41) is 8.90. The molecule has 0 amide bonds. The average Bonchev–Trinajstić information content (AvgIpc) is 2.15. The zero-order valence-corrected chi connectivity index (χ0v) is 9.99. The molecule has 0 aliphatic rings. The van der Waals surface area contributed by atoms with Gasteiger partial charge in [-0.1, -0.05) is 13.8 Å². The minimum absolute atomic E-state index is 0.211. The van der Waals surface area contributed by atoms with Crippen LogP contribution < -0.4 is 0 Å². The van der Waals surface area contributed by atoms with Crippen LogP contribution in [0.25, 0.3) is 0 Å². The van der Waals surface area contributed by atoms with Crippen molar-refractivity contribution >= 4 is 0 Å². The molecule has 1 N–H and O–H groups in total. The first-order chi connectivity index (χ1) is 6.57. The number of ether oxygens (including phenoxy) is 1. The minimum Gasteiger partial charge on any atom is -0.395 e. The van der Waals surface area contributed by atoms with Crippen LogP contribution in [0.5, 0.6) is 0 Å². The van der Waals surface area contributed by atoms with Gasteiger partial charge in [-0.25, -0.2) is 0 Å². The Balaban J connectivity index is 3.27. The minimum atomic E-state index is 0.211. The van der Waals surface area contributed by atoms with Gasteiger partial charge in [0.1, 0.15) is 0 Å². The lowest BCUT2D eigenvalue weighted by molar-refractivity contribution is 0.0809. The summed E-state index contributed by atoms with van der Waals surface area (Å²) in [6, 6.07) is 0.226. The third-order valence-corrected chi connectivity index (χ3v) is 2.44. The monoisotopic (exact) mass is 203 g/mol. The Hall–Kier alpha value is -0.120. The van der Waals surface area contributed by atoms with Crippen LogP contribution in [-0.4, -0.2) is 49.5 Å². The molecule has 14 heavy (non-hydrogen) atoms. The molecule has 1 unspecified atom stereocenters. The normalized spacial score (nSPS) is 13.9. The predicted octanol–water partition coefficient (Wildman–Crippen LogP) is 1.36. The third-order valence-electron chi connectivity index (χ3n) is 2.44. The summed E-state index contributed by atoms with van der Waals surface area (Å²) in [6.07, 6.45) is 1.12. The summed E-state index contributed by atoms with van der Waals surface area (Å²) in [7, 11) is 2.01. The van der Waals surface area contributed by atoms with Gasteiger partial charge in [-0.05, 0) is 26.3 Å². The largest absolute Gasteiger partial charge is 0.395 e. The Kier molecular flexibility index (Phi) is 8.14. The van der Waals surface area contributed by atoms with E-state index in [9.17, 15) is 0 Å². The van der Waals surface area contributed by atoms with Gasteiger partial charge < -0.3 is 9.84 Å². The molecular weight excluding hydrogens is 178 g/mol. The molecule has 1 atom stereocenters. The highest BCUT2D eigenvalue weighted by Gasteiger charge is 2.06. The van der Waals surface area contributed by atoms with E-state index in [0.29, 0.717) is 5.92 Å². The highest BCUT2D eigenvalue weighted by Crippen LogP contribution is 1.99. The average molecular weight is 203 g/mol. The second-order valence-electron chi connectivity index (χ2n) is 4.31. The Labute approximate surface area is 88.1 Å².